The topological polar surface area (TPSA) is 82.3 Å². The molecular weight excluding hydrogens is 220 g/mol. The number of aromatic nitrogens is 1. The van der Waals surface area contributed by atoms with Crippen LogP contribution in [-0.4, -0.2) is 21.4 Å². The Kier molecular flexibility index (Phi) is 3.62. The molecule has 1 aromatic rings. The second-order valence-electron chi connectivity index (χ2n) is 2.86. The summed E-state index contributed by atoms with van der Waals surface area (Å²) >= 11 is 1.14. The molecule has 0 bridgehead atoms. The van der Waals surface area contributed by atoms with Crippen molar-refractivity contribution in [1.29, 1.82) is 0 Å². The van der Waals surface area contributed by atoms with E-state index in [0.29, 0.717) is 17.8 Å². The Morgan fingerprint density at radius 3 is 2.93 bits per heavy atom. The Hall–Kier alpha value is -1.63. The molecule has 0 aliphatic carbocycles. The zero-order chi connectivity index (χ0) is 11.4. The largest absolute Gasteiger partial charge is 0.484 e. The summed E-state index contributed by atoms with van der Waals surface area (Å²) in [5.41, 5.74) is 0.918. The monoisotopic (exact) mass is 229 g/mol. The van der Waals surface area contributed by atoms with E-state index in [-0.39, 0.29) is 0 Å². The molecule has 0 aromatic carbocycles. The van der Waals surface area contributed by atoms with Crippen LogP contribution >= 0.6 is 11.5 Å². The predicted molar refractivity (Wildman–Crippen MR) is 53.0 cm³/mol. The predicted octanol–water partition coefficient (Wildman–Crippen LogP) is 1.44. The van der Waals surface area contributed by atoms with Gasteiger partial charge >= 0.3 is 5.97 Å². The summed E-state index contributed by atoms with van der Waals surface area (Å²) in [5.74, 6) is -0.591. The lowest BCUT2D eigenvalue weighted by Gasteiger charge is -2.15. The number of aryl methyl sites for hydroxylation is 1. The number of rotatable bonds is 4. The van der Waals surface area contributed by atoms with Gasteiger partial charge in [0.25, 0.3) is 0 Å². The first-order valence-electron chi connectivity index (χ1n) is 4.11. The Morgan fingerprint density at radius 1 is 1.80 bits per heavy atom. The van der Waals surface area contributed by atoms with Crippen molar-refractivity contribution in [3.8, 4) is 0 Å². The van der Waals surface area contributed by atoms with Gasteiger partial charge in [-0.2, -0.15) is 4.37 Å². The van der Waals surface area contributed by atoms with Crippen LogP contribution in [0.25, 0.3) is 0 Å². The summed E-state index contributed by atoms with van der Waals surface area (Å²) in [7, 11) is 0. The molecule has 0 spiro atoms. The maximum atomic E-state index is 11.4. The van der Waals surface area contributed by atoms with Gasteiger partial charge in [-0.05, 0) is 31.9 Å². The number of carbonyl (C=O) groups excluding carboxylic acids is 1. The zero-order valence-electron chi connectivity index (χ0n) is 8.17. The van der Waals surface area contributed by atoms with Gasteiger partial charge in [0.2, 0.25) is 0 Å². The van der Waals surface area contributed by atoms with Gasteiger partial charge in [0, 0.05) is 5.38 Å². The van der Waals surface area contributed by atoms with Crippen LogP contribution in [0, 0.1) is 23.6 Å². The molecule has 1 unspecified atom stereocenters. The van der Waals surface area contributed by atoms with Crippen molar-refractivity contribution >= 4 is 17.5 Å². The van der Waals surface area contributed by atoms with Gasteiger partial charge in [-0.3, -0.25) is 10.1 Å². The third-order valence-corrected chi connectivity index (χ3v) is 2.31. The second kappa shape index (κ2) is 4.74. The molecule has 0 saturated carbocycles. The van der Waals surface area contributed by atoms with Crippen molar-refractivity contribution in [3.63, 3.8) is 0 Å². The fraction of sp³-hybridized carbons (Fsp3) is 0.375. The van der Waals surface area contributed by atoms with Crippen LogP contribution in [0.15, 0.2) is 5.38 Å². The second-order valence-corrected chi connectivity index (χ2v) is 3.49. The number of hydrogen-bond donors (Lipinski definition) is 0. The van der Waals surface area contributed by atoms with Crippen LogP contribution < -0.4 is 0 Å². The normalized spacial score (nSPS) is 11.9. The number of carbonyl (C=O) groups is 1. The smallest absolute Gasteiger partial charge is 0.338 e. The lowest BCUT2D eigenvalue weighted by Crippen LogP contribution is -2.19. The van der Waals surface area contributed by atoms with Crippen molar-refractivity contribution in [3.05, 3.63) is 33.3 Å². The first-order chi connectivity index (χ1) is 7.00. The number of nitro groups is 1. The van der Waals surface area contributed by atoms with Crippen molar-refractivity contribution in [2.24, 2.45) is 0 Å². The molecule has 1 atom stereocenters. The number of hydrogen-bond acceptors (Lipinski definition) is 6. The molecule has 0 aliphatic rings. The maximum absolute atomic E-state index is 11.4. The molecule has 0 aliphatic heterocycles. The highest BCUT2D eigenvalue weighted by molar-refractivity contribution is 7.03. The maximum Gasteiger partial charge on any atom is 0.338 e. The van der Waals surface area contributed by atoms with Crippen molar-refractivity contribution in [2.75, 3.05) is 0 Å². The summed E-state index contributed by atoms with van der Waals surface area (Å²) in [6, 6.07) is 0. The van der Waals surface area contributed by atoms with Crippen LogP contribution in [0.1, 0.15) is 23.0 Å². The van der Waals surface area contributed by atoms with Gasteiger partial charge < -0.3 is 4.74 Å². The average molecular weight is 229 g/mol. The number of ether oxygens (including phenoxy) is 1. The molecule has 1 rings (SSSR count). The summed E-state index contributed by atoms with van der Waals surface area (Å²) in [6.45, 7) is 3.82. The number of esters is 1. The van der Waals surface area contributed by atoms with E-state index >= 15 is 0 Å². The molecule has 1 heterocycles. The molecule has 6 nitrogen and oxygen atoms in total. The molecule has 15 heavy (non-hydrogen) atoms. The van der Waals surface area contributed by atoms with Crippen LogP contribution in [0.2, 0.25) is 0 Å². The Labute approximate surface area is 90.2 Å². The van der Waals surface area contributed by atoms with Crippen molar-refractivity contribution < 1.29 is 14.5 Å². The summed E-state index contributed by atoms with van der Waals surface area (Å²) in [5, 5.41) is 11.6. The van der Waals surface area contributed by atoms with Gasteiger partial charge in [-0.1, -0.05) is 0 Å². The third kappa shape index (κ3) is 3.21. The highest BCUT2D eigenvalue weighted by Crippen LogP contribution is 2.12. The molecule has 7 heteroatoms. The first kappa shape index (κ1) is 11.4. The van der Waals surface area contributed by atoms with E-state index in [4.69, 9.17) is 4.74 Å². The molecule has 82 valence electrons. The summed E-state index contributed by atoms with van der Waals surface area (Å²) < 4.78 is 8.72. The van der Waals surface area contributed by atoms with E-state index < -0.39 is 17.0 Å². The molecular formula is C8H9N2O4S-. The minimum absolute atomic E-state index is 0.351. The zero-order valence-corrected chi connectivity index (χ0v) is 8.98. The Bertz CT molecular complexity index is 376. The van der Waals surface area contributed by atoms with E-state index in [1.54, 1.807) is 12.3 Å². The minimum atomic E-state index is -0.855. The summed E-state index contributed by atoms with van der Waals surface area (Å²) in [4.78, 5) is 20.9. The molecule has 0 amide bonds. The average Bonchev–Trinajstić information content (AvgIpc) is 2.49. The summed E-state index contributed by atoms with van der Waals surface area (Å²) in [6.07, 6.45) is -0.855. The van der Waals surface area contributed by atoms with Gasteiger partial charge in [-0.25, -0.2) is 4.79 Å². The fourth-order valence-corrected chi connectivity index (χ4v) is 1.60. The van der Waals surface area contributed by atoms with Gasteiger partial charge in [0.05, 0.1) is 17.4 Å². The van der Waals surface area contributed by atoms with Crippen LogP contribution in [0.4, 0.5) is 0 Å². The quantitative estimate of drug-likeness (QED) is 0.337. The standard InChI is InChI=1S/C8H9N2O4S/c1-5(3-10(12)13)14-8(11)7-4-15-9-6(7)2/h3-5H,1-2H3/q-1. The van der Waals surface area contributed by atoms with Crippen LogP contribution in [0.3, 0.4) is 0 Å². The van der Waals surface area contributed by atoms with Crippen LogP contribution in [-0.2, 0) is 4.74 Å². The fourth-order valence-electron chi connectivity index (χ4n) is 0.923. The minimum Gasteiger partial charge on any atom is -0.484 e. The van der Waals surface area contributed by atoms with Crippen LogP contribution in [0.5, 0.6) is 0 Å². The highest BCUT2D eigenvalue weighted by atomic mass is 32.1. The molecule has 1 aromatic heterocycles. The molecule has 0 N–H and O–H groups in total. The van der Waals surface area contributed by atoms with E-state index in [0.717, 1.165) is 11.5 Å². The molecule has 0 fully saturated rings. The third-order valence-electron chi connectivity index (χ3n) is 1.59. The van der Waals surface area contributed by atoms with E-state index in [1.165, 1.54) is 6.92 Å². The first-order valence-corrected chi connectivity index (χ1v) is 4.95. The number of nitrogens with zero attached hydrogens (tertiary/aromatic N) is 2. The van der Waals surface area contributed by atoms with Crippen molar-refractivity contribution in [1.82, 2.24) is 4.37 Å². The molecule has 0 saturated heterocycles. The lowest BCUT2D eigenvalue weighted by molar-refractivity contribution is -0.445. The lowest BCUT2D eigenvalue weighted by atomic mass is 10.3. The highest BCUT2D eigenvalue weighted by Gasteiger charge is 2.14. The van der Waals surface area contributed by atoms with E-state index in [9.17, 15) is 14.9 Å². The van der Waals surface area contributed by atoms with Crippen molar-refractivity contribution in [2.45, 2.75) is 20.0 Å². The Balaban J connectivity index is 2.56. The van der Waals surface area contributed by atoms with Gasteiger partial charge in [0.15, 0.2) is 0 Å². The van der Waals surface area contributed by atoms with Gasteiger partial charge in [-0.15, -0.1) is 4.92 Å². The Morgan fingerprint density at radius 2 is 2.47 bits per heavy atom. The SMILES string of the molecule is Cc1nscc1C(=O)OC(C)[CH-][N+](=O)[O-]. The van der Waals surface area contributed by atoms with E-state index in [1.807, 2.05) is 0 Å². The molecule has 0 radical (unpaired) electrons. The van der Waals surface area contributed by atoms with Gasteiger partial charge in [0.1, 0.15) is 0 Å². The van der Waals surface area contributed by atoms with E-state index in [2.05, 4.69) is 4.37 Å².